The second-order valence-electron chi connectivity index (χ2n) is 5.55. The molecule has 10 nitrogen and oxygen atoms in total. The number of alkyl halides is 3. The van der Waals surface area contributed by atoms with Crippen LogP contribution in [-0.2, 0) is 14.6 Å². The first kappa shape index (κ1) is 23.1. The number of amides is 1. The zero-order chi connectivity index (χ0) is 22.7. The summed E-state index contributed by atoms with van der Waals surface area (Å²) in [5, 5.41) is 23.9. The van der Waals surface area contributed by atoms with Gasteiger partial charge in [-0.2, -0.15) is 13.2 Å². The van der Waals surface area contributed by atoms with Crippen molar-refractivity contribution in [3.63, 3.8) is 0 Å². The number of carbonyl (C=O) groups is 1. The average molecular weight is 465 g/mol. The molecule has 0 saturated carbocycles. The highest BCUT2D eigenvalue weighted by molar-refractivity contribution is 8.00. The third-order valence-electron chi connectivity index (χ3n) is 3.36. The monoisotopic (exact) mass is 465 g/mol. The molecule has 0 aromatic heterocycles. The van der Waals surface area contributed by atoms with E-state index in [0.717, 1.165) is 18.2 Å². The van der Waals surface area contributed by atoms with E-state index in [9.17, 15) is 46.6 Å². The van der Waals surface area contributed by atoms with Crippen molar-refractivity contribution in [1.82, 2.24) is 0 Å². The van der Waals surface area contributed by atoms with Crippen LogP contribution in [-0.4, -0.2) is 35.4 Å². The quantitative estimate of drug-likeness (QED) is 0.371. The molecule has 0 radical (unpaired) electrons. The van der Waals surface area contributed by atoms with E-state index in [4.69, 9.17) is 0 Å². The number of nitro benzene ring substituents is 2. The number of benzene rings is 2. The molecule has 1 N–H and O–H groups in total. The van der Waals surface area contributed by atoms with Gasteiger partial charge in [0.1, 0.15) is 10.6 Å². The molecule has 160 valence electrons. The number of nitro groups is 2. The van der Waals surface area contributed by atoms with E-state index in [1.807, 2.05) is 0 Å². The van der Waals surface area contributed by atoms with Crippen LogP contribution in [0.3, 0.4) is 0 Å². The van der Waals surface area contributed by atoms with Crippen LogP contribution in [0, 0.1) is 20.2 Å². The van der Waals surface area contributed by atoms with Gasteiger partial charge in [-0.05, 0) is 36.0 Å². The molecule has 0 bridgehead atoms. The van der Waals surface area contributed by atoms with Crippen molar-refractivity contribution in [2.75, 3.05) is 11.1 Å². The van der Waals surface area contributed by atoms with Crippen LogP contribution in [0.5, 0.6) is 0 Å². The Kier molecular flexibility index (Phi) is 6.66. The van der Waals surface area contributed by atoms with Crippen molar-refractivity contribution in [1.29, 1.82) is 0 Å². The average Bonchev–Trinajstić information content (AvgIpc) is 2.59. The molecule has 2 aromatic carbocycles. The van der Waals surface area contributed by atoms with Crippen molar-refractivity contribution in [3.8, 4) is 0 Å². The zero-order valence-electron chi connectivity index (χ0n) is 14.5. The SMILES string of the molecule is O=C(CS(=O)(=O)c1ccc([N+](=O)[O-])cc1[N+](=O)[O-])Nc1cccc(SC(F)(F)F)c1. The van der Waals surface area contributed by atoms with Crippen molar-refractivity contribution >= 4 is 44.6 Å². The minimum atomic E-state index is -4.60. The fraction of sp³-hybridized carbons (Fsp3) is 0.133. The Bertz CT molecular complexity index is 1120. The minimum absolute atomic E-state index is 0.123. The highest BCUT2D eigenvalue weighted by Gasteiger charge is 2.31. The van der Waals surface area contributed by atoms with Crippen LogP contribution in [0.1, 0.15) is 0 Å². The van der Waals surface area contributed by atoms with Crippen molar-refractivity contribution < 1.29 is 36.2 Å². The Balaban J connectivity index is 2.24. The summed E-state index contributed by atoms with van der Waals surface area (Å²) in [7, 11) is -4.60. The van der Waals surface area contributed by atoms with Crippen LogP contribution < -0.4 is 5.32 Å². The normalized spacial score (nSPS) is 11.7. The van der Waals surface area contributed by atoms with Crippen molar-refractivity contribution in [3.05, 3.63) is 62.7 Å². The Hall–Kier alpha value is -3.20. The van der Waals surface area contributed by atoms with Gasteiger partial charge in [0.05, 0.1) is 15.9 Å². The van der Waals surface area contributed by atoms with Crippen LogP contribution in [0.2, 0.25) is 0 Å². The molecule has 0 heterocycles. The first-order valence-corrected chi connectivity index (χ1v) is 10.1. The van der Waals surface area contributed by atoms with Gasteiger partial charge in [-0.1, -0.05) is 6.07 Å². The summed E-state index contributed by atoms with van der Waals surface area (Å²) in [6.07, 6.45) is 0. The van der Waals surface area contributed by atoms with Gasteiger partial charge in [0.2, 0.25) is 5.91 Å². The van der Waals surface area contributed by atoms with Gasteiger partial charge in [0.25, 0.3) is 11.4 Å². The lowest BCUT2D eigenvalue weighted by atomic mass is 10.3. The number of carbonyl (C=O) groups excluding carboxylic acids is 1. The number of anilines is 1. The first-order chi connectivity index (χ1) is 13.8. The summed E-state index contributed by atoms with van der Waals surface area (Å²) < 4.78 is 62.1. The number of halogens is 3. The molecule has 2 rings (SSSR count). The van der Waals surface area contributed by atoms with E-state index in [0.29, 0.717) is 12.1 Å². The number of hydrogen-bond donors (Lipinski definition) is 1. The number of nitrogens with zero attached hydrogens (tertiary/aromatic N) is 2. The molecule has 30 heavy (non-hydrogen) atoms. The molecule has 0 aliphatic rings. The fourth-order valence-corrected chi connectivity index (χ4v) is 4.14. The van der Waals surface area contributed by atoms with Gasteiger partial charge >= 0.3 is 5.51 Å². The molecule has 0 aliphatic carbocycles. The third-order valence-corrected chi connectivity index (χ3v) is 5.74. The van der Waals surface area contributed by atoms with Crippen LogP contribution >= 0.6 is 11.8 Å². The molecule has 1 amide bonds. The predicted molar refractivity (Wildman–Crippen MR) is 98.8 cm³/mol. The number of hydrogen-bond acceptors (Lipinski definition) is 8. The molecule has 0 spiro atoms. The molecular formula is C15H10F3N3O7S2. The van der Waals surface area contributed by atoms with E-state index in [-0.39, 0.29) is 10.6 Å². The topological polar surface area (TPSA) is 150 Å². The number of non-ortho nitro benzene ring substituents is 1. The Morgan fingerprint density at radius 3 is 2.30 bits per heavy atom. The van der Waals surface area contributed by atoms with E-state index in [2.05, 4.69) is 5.32 Å². The Labute approximate surface area is 170 Å². The lowest BCUT2D eigenvalue weighted by molar-refractivity contribution is -0.396. The summed E-state index contributed by atoms with van der Waals surface area (Å²) in [6.45, 7) is 0. The molecule has 0 aliphatic heterocycles. The van der Waals surface area contributed by atoms with Gasteiger partial charge in [0.15, 0.2) is 9.84 Å². The second kappa shape index (κ2) is 8.66. The Morgan fingerprint density at radius 1 is 1.07 bits per heavy atom. The standard InChI is InChI=1S/C15H10F3N3O7S2/c16-15(17,18)29-11-3-1-2-9(6-11)19-14(22)8-30(27,28)13-5-4-10(20(23)24)7-12(13)21(25)26/h1-7H,8H2,(H,19,22). The van der Waals surface area contributed by atoms with Gasteiger partial charge in [-0.25, -0.2) is 8.42 Å². The minimum Gasteiger partial charge on any atom is -0.325 e. The van der Waals surface area contributed by atoms with Crippen LogP contribution in [0.15, 0.2) is 52.3 Å². The number of rotatable bonds is 7. The molecule has 0 saturated heterocycles. The summed E-state index contributed by atoms with van der Waals surface area (Å²) in [5.41, 5.74) is -6.49. The maximum Gasteiger partial charge on any atom is 0.446 e. The van der Waals surface area contributed by atoms with E-state index in [1.54, 1.807) is 0 Å². The highest BCUT2D eigenvalue weighted by Crippen LogP contribution is 2.37. The molecular weight excluding hydrogens is 455 g/mol. The lowest BCUT2D eigenvalue weighted by Crippen LogP contribution is -2.23. The van der Waals surface area contributed by atoms with E-state index < -0.39 is 64.9 Å². The Morgan fingerprint density at radius 2 is 1.73 bits per heavy atom. The highest BCUT2D eigenvalue weighted by atomic mass is 32.2. The van der Waals surface area contributed by atoms with E-state index in [1.165, 1.54) is 12.1 Å². The summed E-state index contributed by atoms with van der Waals surface area (Å²) in [5.74, 6) is -2.45. The van der Waals surface area contributed by atoms with Gasteiger partial charge < -0.3 is 5.32 Å². The second-order valence-corrected chi connectivity index (χ2v) is 8.65. The summed E-state index contributed by atoms with van der Waals surface area (Å²) in [4.78, 5) is 30.6. The maximum atomic E-state index is 12.4. The lowest BCUT2D eigenvalue weighted by Gasteiger charge is -2.09. The molecule has 2 aromatic rings. The zero-order valence-corrected chi connectivity index (χ0v) is 16.1. The first-order valence-electron chi connectivity index (χ1n) is 7.60. The molecule has 0 fully saturated rings. The van der Waals surface area contributed by atoms with Crippen LogP contribution in [0.25, 0.3) is 0 Å². The molecule has 0 unspecified atom stereocenters. The number of sulfone groups is 1. The summed E-state index contributed by atoms with van der Waals surface area (Å²) in [6, 6.07) is 6.35. The van der Waals surface area contributed by atoms with Gasteiger partial charge in [-0.3, -0.25) is 25.0 Å². The van der Waals surface area contributed by atoms with Gasteiger partial charge in [-0.15, -0.1) is 0 Å². The number of thioether (sulfide) groups is 1. The van der Waals surface area contributed by atoms with Crippen LogP contribution in [0.4, 0.5) is 30.2 Å². The largest absolute Gasteiger partial charge is 0.446 e. The third kappa shape index (κ3) is 6.15. The summed E-state index contributed by atoms with van der Waals surface area (Å²) >= 11 is -0.439. The van der Waals surface area contributed by atoms with Crippen molar-refractivity contribution in [2.45, 2.75) is 15.3 Å². The van der Waals surface area contributed by atoms with E-state index >= 15 is 0 Å². The smallest absolute Gasteiger partial charge is 0.325 e. The van der Waals surface area contributed by atoms with Gasteiger partial charge in [0, 0.05) is 16.6 Å². The fourth-order valence-electron chi connectivity index (χ4n) is 2.24. The maximum absolute atomic E-state index is 12.4. The molecule has 0 atom stereocenters. The number of nitrogens with one attached hydrogen (secondary N) is 1. The van der Waals surface area contributed by atoms with Crippen molar-refractivity contribution in [2.24, 2.45) is 0 Å². The molecule has 15 heteroatoms. The predicted octanol–water partition coefficient (Wildman–Crippen LogP) is 3.53.